The van der Waals surface area contributed by atoms with Gasteiger partial charge in [0.25, 0.3) is 0 Å². The zero-order chi connectivity index (χ0) is 9.97. The molecule has 0 unspecified atom stereocenters. The van der Waals surface area contributed by atoms with Crippen molar-refractivity contribution in [2.75, 3.05) is 11.9 Å². The molecule has 0 atom stereocenters. The number of hydrogen-bond acceptors (Lipinski definition) is 4. The standard InChI is InChI=1S/C8H10Cl2N4/c9-6-12-7(10)14-8(13-6)11-4-3-5-1-2-5/h5H,1-4H2,(H,11,12,13,14). The van der Waals surface area contributed by atoms with Crippen LogP contribution in [0.25, 0.3) is 0 Å². The summed E-state index contributed by atoms with van der Waals surface area (Å²) < 4.78 is 0. The van der Waals surface area contributed by atoms with Crippen LogP contribution in [-0.4, -0.2) is 21.5 Å². The Kier molecular flexibility index (Phi) is 3.03. The maximum absolute atomic E-state index is 5.62. The molecule has 0 bridgehead atoms. The molecule has 1 aromatic heterocycles. The Morgan fingerprint density at radius 1 is 1.14 bits per heavy atom. The first kappa shape index (κ1) is 9.93. The van der Waals surface area contributed by atoms with E-state index in [2.05, 4.69) is 20.3 Å². The normalized spacial score (nSPS) is 15.6. The van der Waals surface area contributed by atoms with Gasteiger partial charge in [0.05, 0.1) is 0 Å². The molecule has 0 amide bonds. The summed E-state index contributed by atoms with van der Waals surface area (Å²) in [6.45, 7) is 0.862. The van der Waals surface area contributed by atoms with Gasteiger partial charge in [-0.1, -0.05) is 12.8 Å². The van der Waals surface area contributed by atoms with Crippen LogP contribution in [0.5, 0.6) is 0 Å². The largest absolute Gasteiger partial charge is 0.354 e. The zero-order valence-electron chi connectivity index (χ0n) is 7.50. The Morgan fingerprint density at radius 3 is 2.36 bits per heavy atom. The molecule has 1 aromatic rings. The number of nitrogens with one attached hydrogen (secondary N) is 1. The fraction of sp³-hybridized carbons (Fsp3) is 0.625. The number of hydrogen-bond donors (Lipinski definition) is 1. The molecular weight excluding hydrogens is 223 g/mol. The van der Waals surface area contributed by atoms with E-state index in [1.807, 2.05) is 0 Å². The zero-order valence-corrected chi connectivity index (χ0v) is 9.02. The minimum absolute atomic E-state index is 0.124. The van der Waals surface area contributed by atoms with Gasteiger partial charge in [0, 0.05) is 6.54 Å². The number of nitrogens with zero attached hydrogens (tertiary/aromatic N) is 3. The Labute approximate surface area is 92.1 Å². The number of anilines is 1. The van der Waals surface area contributed by atoms with E-state index in [4.69, 9.17) is 23.2 Å². The molecule has 14 heavy (non-hydrogen) atoms. The van der Waals surface area contributed by atoms with Crippen LogP contribution >= 0.6 is 23.2 Å². The summed E-state index contributed by atoms with van der Waals surface area (Å²) in [5, 5.41) is 3.31. The molecule has 1 saturated carbocycles. The molecule has 0 aliphatic heterocycles. The second kappa shape index (κ2) is 4.28. The van der Waals surface area contributed by atoms with Gasteiger partial charge in [-0.05, 0) is 35.5 Å². The molecule has 0 spiro atoms. The van der Waals surface area contributed by atoms with Gasteiger partial charge < -0.3 is 5.32 Å². The molecule has 2 rings (SSSR count). The van der Waals surface area contributed by atoms with Crippen molar-refractivity contribution in [3.8, 4) is 0 Å². The van der Waals surface area contributed by atoms with Gasteiger partial charge in [-0.3, -0.25) is 0 Å². The molecular formula is C8H10Cl2N4. The SMILES string of the molecule is Clc1nc(Cl)nc(NCCC2CC2)n1. The van der Waals surface area contributed by atoms with E-state index in [1.54, 1.807) is 0 Å². The lowest BCUT2D eigenvalue weighted by atomic mass is 10.3. The van der Waals surface area contributed by atoms with Crippen molar-refractivity contribution in [3.05, 3.63) is 10.6 Å². The number of halogens is 2. The third-order valence-corrected chi connectivity index (χ3v) is 2.45. The fourth-order valence-electron chi connectivity index (χ4n) is 1.20. The minimum atomic E-state index is 0.124. The topological polar surface area (TPSA) is 50.7 Å². The molecule has 4 nitrogen and oxygen atoms in total. The Morgan fingerprint density at radius 2 is 1.79 bits per heavy atom. The van der Waals surface area contributed by atoms with E-state index in [9.17, 15) is 0 Å². The average Bonchev–Trinajstić information content (AvgIpc) is 2.86. The molecule has 1 aliphatic rings. The van der Waals surface area contributed by atoms with Gasteiger partial charge in [0.2, 0.25) is 16.5 Å². The Hall–Kier alpha value is -0.610. The van der Waals surface area contributed by atoms with E-state index in [-0.39, 0.29) is 10.6 Å². The average molecular weight is 233 g/mol. The van der Waals surface area contributed by atoms with Crippen LogP contribution < -0.4 is 5.32 Å². The highest BCUT2D eigenvalue weighted by molar-refractivity contribution is 6.31. The molecule has 1 heterocycles. The first-order valence-electron chi connectivity index (χ1n) is 4.55. The molecule has 1 fully saturated rings. The van der Waals surface area contributed by atoms with Crippen LogP contribution in [-0.2, 0) is 0 Å². The molecule has 0 radical (unpaired) electrons. The van der Waals surface area contributed by atoms with Crippen molar-refractivity contribution in [1.29, 1.82) is 0 Å². The van der Waals surface area contributed by atoms with Gasteiger partial charge in [-0.15, -0.1) is 0 Å². The van der Waals surface area contributed by atoms with Crippen LogP contribution in [0.2, 0.25) is 10.6 Å². The van der Waals surface area contributed by atoms with Crippen molar-refractivity contribution in [2.24, 2.45) is 5.92 Å². The second-order valence-corrected chi connectivity index (χ2v) is 4.03. The van der Waals surface area contributed by atoms with Crippen LogP contribution in [0, 0.1) is 5.92 Å². The lowest BCUT2D eigenvalue weighted by Crippen LogP contribution is -2.06. The maximum Gasteiger partial charge on any atom is 0.228 e. The predicted octanol–water partition coefficient (Wildman–Crippen LogP) is 2.39. The highest BCUT2D eigenvalue weighted by Gasteiger charge is 2.20. The van der Waals surface area contributed by atoms with Crippen LogP contribution in [0.1, 0.15) is 19.3 Å². The summed E-state index contributed by atoms with van der Waals surface area (Å²) in [4.78, 5) is 11.5. The van der Waals surface area contributed by atoms with E-state index in [0.717, 1.165) is 18.9 Å². The molecule has 1 N–H and O–H groups in total. The van der Waals surface area contributed by atoms with Crippen molar-refractivity contribution in [2.45, 2.75) is 19.3 Å². The molecule has 0 saturated heterocycles. The first-order valence-corrected chi connectivity index (χ1v) is 5.30. The van der Waals surface area contributed by atoms with E-state index in [0.29, 0.717) is 5.95 Å². The van der Waals surface area contributed by atoms with Gasteiger partial charge >= 0.3 is 0 Å². The van der Waals surface area contributed by atoms with Crippen molar-refractivity contribution in [1.82, 2.24) is 15.0 Å². The van der Waals surface area contributed by atoms with Crippen molar-refractivity contribution < 1.29 is 0 Å². The quantitative estimate of drug-likeness (QED) is 0.867. The highest BCUT2D eigenvalue weighted by Crippen LogP contribution is 2.31. The molecule has 76 valence electrons. The Bertz CT molecular complexity index is 307. The van der Waals surface area contributed by atoms with Gasteiger partial charge in [0.1, 0.15) is 0 Å². The minimum Gasteiger partial charge on any atom is -0.354 e. The monoisotopic (exact) mass is 232 g/mol. The van der Waals surface area contributed by atoms with Crippen molar-refractivity contribution >= 4 is 29.2 Å². The molecule has 1 aliphatic carbocycles. The smallest absolute Gasteiger partial charge is 0.228 e. The van der Waals surface area contributed by atoms with E-state index in [1.165, 1.54) is 12.8 Å². The third kappa shape index (κ3) is 2.96. The number of aromatic nitrogens is 3. The van der Waals surface area contributed by atoms with Crippen LogP contribution in [0.4, 0.5) is 5.95 Å². The van der Waals surface area contributed by atoms with Gasteiger partial charge in [0.15, 0.2) is 0 Å². The molecule has 0 aromatic carbocycles. The van der Waals surface area contributed by atoms with Crippen LogP contribution in [0.15, 0.2) is 0 Å². The van der Waals surface area contributed by atoms with Crippen LogP contribution in [0.3, 0.4) is 0 Å². The lowest BCUT2D eigenvalue weighted by Gasteiger charge is -2.03. The Balaban J connectivity index is 1.87. The number of rotatable bonds is 4. The summed E-state index contributed by atoms with van der Waals surface area (Å²) in [5.41, 5.74) is 0. The van der Waals surface area contributed by atoms with Gasteiger partial charge in [-0.25, -0.2) is 0 Å². The van der Waals surface area contributed by atoms with E-state index < -0.39 is 0 Å². The summed E-state index contributed by atoms with van der Waals surface area (Å²) in [7, 11) is 0. The van der Waals surface area contributed by atoms with E-state index >= 15 is 0 Å². The van der Waals surface area contributed by atoms with Gasteiger partial charge in [-0.2, -0.15) is 15.0 Å². The highest BCUT2D eigenvalue weighted by atomic mass is 35.5. The third-order valence-electron chi connectivity index (χ3n) is 2.11. The van der Waals surface area contributed by atoms with Crippen molar-refractivity contribution in [3.63, 3.8) is 0 Å². The molecule has 6 heteroatoms. The second-order valence-electron chi connectivity index (χ2n) is 3.36. The summed E-state index contributed by atoms with van der Waals surface area (Å²) >= 11 is 11.2. The maximum atomic E-state index is 5.62. The summed E-state index contributed by atoms with van der Waals surface area (Å²) in [5.74, 6) is 1.34. The summed E-state index contributed by atoms with van der Waals surface area (Å²) in [6, 6.07) is 0. The first-order chi connectivity index (χ1) is 6.74. The summed E-state index contributed by atoms with van der Waals surface area (Å²) in [6.07, 6.45) is 3.85. The fourth-order valence-corrected chi connectivity index (χ4v) is 1.56. The lowest BCUT2D eigenvalue weighted by molar-refractivity contribution is 0.754. The predicted molar refractivity (Wildman–Crippen MR) is 55.7 cm³/mol.